The number of morpholine rings is 1. The van der Waals surface area contributed by atoms with Gasteiger partial charge < -0.3 is 19.7 Å². The Hall–Kier alpha value is -2.86. The van der Waals surface area contributed by atoms with Crippen molar-refractivity contribution in [2.24, 2.45) is 0 Å². The van der Waals surface area contributed by atoms with Gasteiger partial charge in [0.2, 0.25) is 0 Å². The molecule has 2 amide bonds. The summed E-state index contributed by atoms with van der Waals surface area (Å²) < 4.78 is 10.6. The molecule has 0 bridgehead atoms. The second kappa shape index (κ2) is 7.80. The number of anilines is 1. The Labute approximate surface area is 159 Å². The van der Waals surface area contributed by atoms with Gasteiger partial charge >= 0.3 is 0 Å². The van der Waals surface area contributed by atoms with Gasteiger partial charge in [0.1, 0.15) is 5.75 Å². The molecule has 1 fully saturated rings. The van der Waals surface area contributed by atoms with Crippen LogP contribution in [-0.4, -0.2) is 49.1 Å². The first kappa shape index (κ1) is 18.9. The van der Waals surface area contributed by atoms with Crippen LogP contribution in [0.5, 0.6) is 5.75 Å². The second-order valence-corrected chi connectivity index (χ2v) is 7.09. The molecule has 2 aromatic rings. The van der Waals surface area contributed by atoms with E-state index in [2.05, 4.69) is 5.32 Å². The lowest BCUT2D eigenvalue weighted by Crippen LogP contribution is -2.55. The predicted octanol–water partition coefficient (Wildman–Crippen LogP) is 3.20. The van der Waals surface area contributed by atoms with Gasteiger partial charge in [-0.25, -0.2) is 0 Å². The Balaban J connectivity index is 1.69. The number of nitrogens with one attached hydrogen (secondary N) is 1. The molecule has 1 aliphatic heterocycles. The van der Waals surface area contributed by atoms with Crippen molar-refractivity contribution in [1.29, 1.82) is 0 Å². The topological polar surface area (TPSA) is 67.9 Å². The summed E-state index contributed by atoms with van der Waals surface area (Å²) in [5, 5.41) is 2.83. The third-order valence-corrected chi connectivity index (χ3v) is 4.61. The second-order valence-electron chi connectivity index (χ2n) is 7.09. The number of carbonyl (C=O) groups excluding carboxylic acids is 2. The summed E-state index contributed by atoms with van der Waals surface area (Å²) in [4.78, 5) is 27.0. The molecule has 0 saturated carbocycles. The molecule has 0 unspecified atom stereocenters. The van der Waals surface area contributed by atoms with E-state index in [0.29, 0.717) is 42.3 Å². The molecule has 142 valence electrons. The number of hydrogen-bond donors (Lipinski definition) is 1. The monoisotopic (exact) mass is 368 g/mol. The van der Waals surface area contributed by atoms with Crippen molar-refractivity contribution in [2.45, 2.75) is 19.4 Å². The van der Waals surface area contributed by atoms with Crippen molar-refractivity contribution in [3.63, 3.8) is 0 Å². The molecule has 0 aliphatic carbocycles. The zero-order valence-electron chi connectivity index (χ0n) is 15.8. The molecule has 0 aromatic heterocycles. The molecule has 6 heteroatoms. The third kappa shape index (κ3) is 4.28. The standard InChI is InChI=1S/C21H24N2O4/c1-21(2)14-27-12-11-23(21)20(25)15-7-9-17(10-8-15)22-19(24)16-5-4-6-18(13-16)26-3/h4-10,13H,11-12,14H2,1-3H3,(H,22,24). The van der Waals surface area contributed by atoms with E-state index in [1.54, 1.807) is 55.6 Å². The fourth-order valence-corrected chi connectivity index (χ4v) is 3.05. The smallest absolute Gasteiger partial charge is 0.255 e. The van der Waals surface area contributed by atoms with Crippen LogP contribution in [0.4, 0.5) is 5.69 Å². The minimum Gasteiger partial charge on any atom is -0.497 e. The van der Waals surface area contributed by atoms with Gasteiger partial charge in [-0.15, -0.1) is 0 Å². The van der Waals surface area contributed by atoms with E-state index in [1.165, 1.54) is 0 Å². The first-order valence-corrected chi connectivity index (χ1v) is 8.86. The first-order chi connectivity index (χ1) is 12.9. The Morgan fingerprint density at radius 3 is 2.52 bits per heavy atom. The normalized spacial score (nSPS) is 15.9. The van der Waals surface area contributed by atoms with Crippen LogP contribution < -0.4 is 10.1 Å². The molecule has 0 radical (unpaired) electrons. The van der Waals surface area contributed by atoms with Crippen LogP contribution in [0.2, 0.25) is 0 Å². The van der Waals surface area contributed by atoms with E-state index < -0.39 is 0 Å². The molecule has 1 saturated heterocycles. The molecule has 0 spiro atoms. The van der Waals surface area contributed by atoms with Crippen molar-refractivity contribution in [3.8, 4) is 5.75 Å². The lowest BCUT2D eigenvalue weighted by Gasteiger charge is -2.42. The Bertz CT molecular complexity index is 830. The van der Waals surface area contributed by atoms with Gasteiger partial charge in [0, 0.05) is 23.4 Å². The number of hydrogen-bond acceptors (Lipinski definition) is 4. The highest BCUT2D eigenvalue weighted by atomic mass is 16.5. The van der Waals surface area contributed by atoms with Crippen LogP contribution in [0.3, 0.4) is 0 Å². The number of ether oxygens (including phenoxy) is 2. The lowest BCUT2D eigenvalue weighted by atomic mass is 10.0. The summed E-state index contributed by atoms with van der Waals surface area (Å²) in [7, 11) is 1.56. The average Bonchev–Trinajstić information content (AvgIpc) is 2.68. The van der Waals surface area contributed by atoms with Crippen LogP contribution in [0.15, 0.2) is 48.5 Å². The fourth-order valence-electron chi connectivity index (χ4n) is 3.05. The van der Waals surface area contributed by atoms with Crippen molar-refractivity contribution in [3.05, 3.63) is 59.7 Å². The maximum Gasteiger partial charge on any atom is 0.255 e. The highest BCUT2D eigenvalue weighted by Gasteiger charge is 2.34. The molecule has 1 heterocycles. The Morgan fingerprint density at radius 2 is 1.85 bits per heavy atom. The molecule has 3 rings (SSSR count). The summed E-state index contributed by atoms with van der Waals surface area (Å²) in [6, 6.07) is 13.9. The van der Waals surface area contributed by atoms with Crippen LogP contribution in [0, 0.1) is 0 Å². The molecule has 6 nitrogen and oxygen atoms in total. The van der Waals surface area contributed by atoms with Crippen molar-refractivity contribution < 1.29 is 19.1 Å². The number of benzene rings is 2. The predicted molar refractivity (Wildman–Crippen MR) is 103 cm³/mol. The van der Waals surface area contributed by atoms with Gasteiger partial charge in [0.25, 0.3) is 11.8 Å². The Morgan fingerprint density at radius 1 is 1.11 bits per heavy atom. The summed E-state index contributed by atoms with van der Waals surface area (Å²) in [6.45, 7) is 5.62. The summed E-state index contributed by atoms with van der Waals surface area (Å²) in [5.41, 5.74) is 1.38. The number of rotatable bonds is 4. The van der Waals surface area contributed by atoms with Crippen LogP contribution >= 0.6 is 0 Å². The number of amides is 2. The maximum absolute atomic E-state index is 12.8. The highest BCUT2D eigenvalue weighted by molar-refractivity contribution is 6.04. The minimum absolute atomic E-state index is 0.0334. The van der Waals surface area contributed by atoms with Crippen molar-refractivity contribution in [1.82, 2.24) is 4.90 Å². The number of nitrogens with zero attached hydrogens (tertiary/aromatic N) is 1. The minimum atomic E-state index is -0.339. The zero-order valence-corrected chi connectivity index (χ0v) is 15.8. The van der Waals surface area contributed by atoms with Gasteiger partial charge in [-0.3, -0.25) is 9.59 Å². The molecular weight excluding hydrogens is 344 g/mol. The molecular formula is C21H24N2O4. The molecule has 27 heavy (non-hydrogen) atoms. The van der Waals surface area contributed by atoms with Gasteiger partial charge in [0.05, 0.1) is 25.9 Å². The molecule has 2 aromatic carbocycles. The molecule has 0 atom stereocenters. The van der Waals surface area contributed by atoms with Crippen LogP contribution in [0.25, 0.3) is 0 Å². The summed E-state index contributed by atoms with van der Waals surface area (Å²) >= 11 is 0. The highest BCUT2D eigenvalue weighted by Crippen LogP contribution is 2.22. The van der Waals surface area contributed by atoms with Gasteiger partial charge in [0.15, 0.2) is 0 Å². The van der Waals surface area contributed by atoms with E-state index in [-0.39, 0.29) is 17.4 Å². The molecule has 1 aliphatic rings. The van der Waals surface area contributed by atoms with Crippen molar-refractivity contribution in [2.75, 3.05) is 32.2 Å². The number of carbonyl (C=O) groups is 2. The third-order valence-electron chi connectivity index (χ3n) is 4.61. The van der Waals surface area contributed by atoms with E-state index >= 15 is 0 Å². The van der Waals surface area contributed by atoms with E-state index in [0.717, 1.165) is 0 Å². The first-order valence-electron chi connectivity index (χ1n) is 8.86. The summed E-state index contributed by atoms with van der Waals surface area (Å²) in [5.74, 6) is 0.355. The van der Waals surface area contributed by atoms with Gasteiger partial charge in [-0.1, -0.05) is 6.07 Å². The zero-order chi connectivity index (χ0) is 19.4. The van der Waals surface area contributed by atoms with Gasteiger partial charge in [-0.2, -0.15) is 0 Å². The van der Waals surface area contributed by atoms with E-state index in [4.69, 9.17) is 9.47 Å². The Kier molecular flexibility index (Phi) is 5.46. The van der Waals surface area contributed by atoms with Crippen molar-refractivity contribution >= 4 is 17.5 Å². The van der Waals surface area contributed by atoms with E-state index in [9.17, 15) is 9.59 Å². The average molecular weight is 368 g/mol. The lowest BCUT2D eigenvalue weighted by molar-refractivity contribution is -0.0370. The van der Waals surface area contributed by atoms with Gasteiger partial charge in [-0.05, 0) is 56.3 Å². The molecule has 1 N–H and O–H groups in total. The SMILES string of the molecule is COc1cccc(C(=O)Nc2ccc(C(=O)N3CCOCC3(C)C)cc2)c1. The summed E-state index contributed by atoms with van der Waals surface area (Å²) in [6.07, 6.45) is 0. The maximum atomic E-state index is 12.8. The van der Waals surface area contributed by atoms with Crippen LogP contribution in [0.1, 0.15) is 34.6 Å². The number of methoxy groups -OCH3 is 1. The van der Waals surface area contributed by atoms with Crippen LogP contribution in [-0.2, 0) is 4.74 Å². The fraction of sp³-hybridized carbons (Fsp3) is 0.333. The quantitative estimate of drug-likeness (QED) is 0.900. The van der Waals surface area contributed by atoms with E-state index in [1.807, 2.05) is 18.7 Å². The largest absolute Gasteiger partial charge is 0.497 e.